The van der Waals surface area contributed by atoms with Crippen LogP contribution in [0.2, 0.25) is 0 Å². The number of anilines is 1. The Kier molecular flexibility index (Phi) is 5.38. The number of carbonyl (C=O) groups is 3. The number of hydrogen-bond donors (Lipinski definition) is 3. The third-order valence-electron chi connectivity index (χ3n) is 5.13. The Labute approximate surface area is 173 Å². The van der Waals surface area contributed by atoms with Gasteiger partial charge in [-0.1, -0.05) is 18.2 Å². The van der Waals surface area contributed by atoms with Gasteiger partial charge in [0.15, 0.2) is 0 Å². The van der Waals surface area contributed by atoms with Gasteiger partial charge in [-0.15, -0.1) is 0 Å². The highest BCUT2D eigenvalue weighted by Crippen LogP contribution is 2.23. The first kappa shape index (κ1) is 19.5. The smallest absolute Gasteiger partial charge is 0.329 e. The molecule has 1 aromatic heterocycles. The molecule has 2 aromatic carbocycles. The maximum absolute atomic E-state index is 12.6. The van der Waals surface area contributed by atoms with Crippen LogP contribution in [-0.2, 0) is 16.0 Å². The van der Waals surface area contributed by atoms with E-state index in [4.69, 9.17) is 4.74 Å². The summed E-state index contributed by atoms with van der Waals surface area (Å²) in [6, 6.07) is 13.1. The number of para-hydroxylation sites is 1. The molecule has 0 bridgehead atoms. The van der Waals surface area contributed by atoms with Crippen molar-refractivity contribution in [1.82, 2.24) is 15.6 Å². The van der Waals surface area contributed by atoms with Crippen LogP contribution in [0, 0.1) is 0 Å². The zero-order chi connectivity index (χ0) is 21.1. The van der Waals surface area contributed by atoms with Gasteiger partial charge in [-0.2, -0.15) is 0 Å². The summed E-state index contributed by atoms with van der Waals surface area (Å²) in [7, 11) is 1.54. The maximum atomic E-state index is 12.6. The molecule has 4 amide bonds. The third kappa shape index (κ3) is 3.84. The van der Waals surface area contributed by atoms with Gasteiger partial charge < -0.3 is 20.4 Å². The Bertz CT molecular complexity index is 1090. The van der Waals surface area contributed by atoms with Crippen LogP contribution in [0.25, 0.3) is 10.9 Å². The highest BCUT2D eigenvalue weighted by Gasteiger charge is 2.40. The monoisotopic (exact) mass is 406 g/mol. The molecule has 4 rings (SSSR count). The molecule has 1 fully saturated rings. The second-order valence-corrected chi connectivity index (χ2v) is 7.04. The number of benzene rings is 2. The summed E-state index contributed by atoms with van der Waals surface area (Å²) in [4.78, 5) is 41.5. The molecule has 3 aromatic rings. The van der Waals surface area contributed by atoms with Crippen molar-refractivity contribution in [3.05, 3.63) is 60.3 Å². The van der Waals surface area contributed by atoms with Crippen LogP contribution in [-0.4, -0.2) is 42.5 Å². The number of fused-ring (bicyclic) bond motifs is 1. The molecule has 1 atom stereocenters. The quantitative estimate of drug-likeness (QED) is 0.524. The average molecular weight is 406 g/mol. The van der Waals surface area contributed by atoms with E-state index < -0.39 is 18.0 Å². The van der Waals surface area contributed by atoms with Crippen molar-refractivity contribution in [2.45, 2.75) is 18.9 Å². The molecule has 1 aliphatic heterocycles. The Morgan fingerprint density at radius 3 is 2.67 bits per heavy atom. The van der Waals surface area contributed by atoms with E-state index in [9.17, 15) is 14.4 Å². The van der Waals surface area contributed by atoms with Crippen LogP contribution in [0.3, 0.4) is 0 Å². The Hall–Kier alpha value is -3.81. The largest absolute Gasteiger partial charge is 0.497 e. The number of H-pyrrole nitrogens is 1. The van der Waals surface area contributed by atoms with Crippen molar-refractivity contribution in [2.24, 2.45) is 0 Å². The molecular weight excluding hydrogens is 384 g/mol. The summed E-state index contributed by atoms with van der Waals surface area (Å²) in [6.45, 7) is 0.442. The number of imide groups is 1. The number of nitrogens with one attached hydrogen (secondary N) is 3. The second kappa shape index (κ2) is 8.28. The predicted octanol–water partition coefficient (Wildman–Crippen LogP) is 2.35. The van der Waals surface area contributed by atoms with E-state index in [0.29, 0.717) is 24.4 Å². The van der Waals surface area contributed by atoms with Crippen molar-refractivity contribution in [2.75, 3.05) is 18.6 Å². The topological polar surface area (TPSA) is 104 Å². The third-order valence-corrected chi connectivity index (χ3v) is 5.13. The molecule has 154 valence electrons. The number of hydrogen-bond acceptors (Lipinski definition) is 4. The van der Waals surface area contributed by atoms with E-state index in [2.05, 4.69) is 15.6 Å². The van der Waals surface area contributed by atoms with Gasteiger partial charge in [-0.25, -0.2) is 9.69 Å². The molecule has 8 heteroatoms. The van der Waals surface area contributed by atoms with E-state index in [1.54, 1.807) is 24.3 Å². The number of ether oxygens (including phenoxy) is 1. The summed E-state index contributed by atoms with van der Waals surface area (Å²) in [5.41, 5.74) is 2.60. The van der Waals surface area contributed by atoms with E-state index in [-0.39, 0.29) is 12.3 Å². The molecule has 0 spiro atoms. The fourth-order valence-corrected chi connectivity index (χ4v) is 3.58. The fourth-order valence-electron chi connectivity index (χ4n) is 3.58. The lowest BCUT2D eigenvalue weighted by atomic mass is 10.1. The molecule has 1 unspecified atom stereocenters. The van der Waals surface area contributed by atoms with E-state index in [1.807, 2.05) is 30.5 Å². The van der Waals surface area contributed by atoms with Gasteiger partial charge in [-0.05, 0) is 42.3 Å². The molecule has 1 aliphatic rings. The van der Waals surface area contributed by atoms with E-state index in [0.717, 1.165) is 21.4 Å². The van der Waals surface area contributed by atoms with Gasteiger partial charge in [0.2, 0.25) is 5.91 Å². The number of rotatable bonds is 7. The molecule has 2 heterocycles. The summed E-state index contributed by atoms with van der Waals surface area (Å²) in [6.07, 6.45) is 2.49. The average Bonchev–Trinajstić information content (AvgIpc) is 3.29. The SMILES string of the molecule is COc1ccc(N2C(=O)NC(CC(=O)NCCc3c[nH]c4ccccc34)C2=O)cc1. The van der Waals surface area contributed by atoms with Gasteiger partial charge in [0, 0.05) is 23.6 Å². The molecule has 8 nitrogen and oxygen atoms in total. The second-order valence-electron chi connectivity index (χ2n) is 7.04. The molecule has 3 N–H and O–H groups in total. The van der Waals surface area contributed by atoms with Crippen LogP contribution in [0.4, 0.5) is 10.5 Å². The number of amides is 4. The van der Waals surface area contributed by atoms with Gasteiger partial charge in [0.1, 0.15) is 11.8 Å². The number of methoxy groups -OCH3 is 1. The number of nitrogens with zero attached hydrogens (tertiary/aromatic N) is 1. The summed E-state index contributed by atoms with van der Waals surface area (Å²) < 4.78 is 5.09. The lowest BCUT2D eigenvalue weighted by molar-refractivity contribution is -0.125. The minimum absolute atomic E-state index is 0.106. The van der Waals surface area contributed by atoms with Crippen LogP contribution in [0.15, 0.2) is 54.7 Å². The van der Waals surface area contributed by atoms with Gasteiger partial charge in [-0.3, -0.25) is 9.59 Å². The maximum Gasteiger partial charge on any atom is 0.329 e. The number of urea groups is 1. The molecule has 1 saturated heterocycles. The zero-order valence-corrected chi connectivity index (χ0v) is 16.5. The van der Waals surface area contributed by atoms with E-state index in [1.165, 1.54) is 7.11 Å². The molecule has 30 heavy (non-hydrogen) atoms. The Balaban J connectivity index is 1.32. The van der Waals surface area contributed by atoms with Crippen LogP contribution < -0.4 is 20.3 Å². The minimum Gasteiger partial charge on any atom is -0.497 e. The summed E-state index contributed by atoms with van der Waals surface area (Å²) >= 11 is 0. The van der Waals surface area contributed by atoms with E-state index >= 15 is 0 Å². The van der Waals surface area contributed by atoms with Gasteiger partial charge in [0.05, 0.1) is 19.2 Å². The van der Waals surface area contributed by atoms with Crippen molar-refractivity contribution in [1.29, 1.82) is 0 Å². The lowest BCUT2D eigenvalue weighted by Gasteiger charge is -2.13. The first-order chi connectivity index (χ1) is 14.6. The summed E-state index contributed by atoms with van der Waals surface area (Å²) in [5.74, 6) is -0.112. The number of carbonyl (C=O) groups excluding carboxylic acids is 3. The molecule has 0 radical (unpaired) electrons. The van der Waals surface area contributed by atoms with Gasteiger partial charge in [0.25, 0.3) is 5.91 Å². The lowest BCUT2D eigenvalue weighted by Crippen LogP contribution is -2.37. The first-order valence-corrected chi connectivity index (χ1v) is 9.67. The van der Waals surface area contributed by atoms with Crippen LogP contribution >= 0.6 is 0 Å². The minimum atomic E-state index is -0.882. The van der Waals surface area contributed by atoms with Crippen molar-refractivity contribution >= 4 is 34.4 Å². The molecular formula is C22H22N4O4. The molecule has 0 saturated carbocycles. The standard InChI is InChI=1S/C22H22N4O4/c1-30-16-8-6-15(7-9-16)26-21(28)19(25-22(26)29)12-20(27)23-11-10-14-13-24-18-5-3-2-4-17(14)18/h2-9,13,19,24H,10-12H2,1H3,(H,23,27)(H,25,29). The van der Waals surface area contributed by atoms with Crippen LogP contribution in [0.1, 0.15) is 12.0 Å². The predicted molar refractivity (Wildman–Crippen MR) is 112 cm³/mol. The highest BCUT2D eigenvalue weighted by molar-refractivity contribution is 6.22. The summed E-state index contributed by atoms with van der Waals surface area (Å²) in [5, 5.41) is 6.53. The van der Waals surface area contributed by atoms with Crippen molar-refractivity contribution < 1.29 is 19.1 Å². The normalized spacial score (nSPS) is 16.0. The van der Waals surface area contributed by atoms with Crippen molar-refractivity contribution in [3.63, 3.8) is 0 Å². The first-order valence-electron chi connectivity index (χ1n) is 9.67. The Morgan fingerprint density at radius 2 is 1.90 bits per heavy atom. The zero-order valence-electron chi connectivity index (χ0n) is 16.5. The van der Waals surface area contributed by atoms with Gasteiger partial charge >= 0.3 is 6.03 Å². The van der Waals surface area contributed by atoms with Crippen molar-refractivity contribution in [3.8, 4) is 5.75 Å². The van der Waals surface area contributed by atoms with Crippen LogP contribution in [0.5, 0.6) is 5.75 Å². The fraction of sp³-hybridized carbons (Fsp3) is 0.227. The highest BCUT2D eigenvalue weighted by atomic mass is 16.5. The Morgan fingerprint density at radius 1 is 1.13 bits per heavy atom. The molecule has 0 aliphatic carbocycles. The number of aromatic nitrogens is 1. The number of aromatic amines is 1.